The molecule has 1 aromatic carbocycles. The van der Waals surface area contributed by atoms with Crippen LogP contribution in [0.15, 0.2) is 23.6 Å². The van der Waals surface area contributed by atoms with E-state index in [-0.39, 0.29) is 18.3 Å². The van der Waals surface area contributed by atoms with Crippen LogP contribution in [0.1, 0.15) is 47.3 Å². The van der Waals surface area contributed by atoms with Crippen molar-refractivity contribution >= 4 is 34.0 Å². The number of amides is 2. The van der Waals surface area contributed by atoms with Crippen molar-refractivity contribution in [2.75, 3.05) is 17.2 Å². The predicted octanol–water partition coefficient (Wildman–Crippen LogP) is 4.00. The highest BCUT2D eigenvalue weighted by Crippen LogP contribution is 2.31. The SMILES string of the molecule is Cc1ccc(NC(=O)Nc2nc(CCO)cs2)c(C(=O)C2CCCC2)c1. The molecule has 138 valence electrons. The van der Waals surface area contributed by atoms with Crippen molar-refractivity contribution < 1.29 is 14.7 Å². The molecule has 0 atom stereocenters. The van der Waals surface area contributed by atoms with Gasteiger partial charge in [-0.3, -0.25) is 10.1 Å². The number of aryl methyl sites for hydroxylation is 1. The molecule has 7 heteroatoms. The highest BCUT2D eigenvalue weighted by Gasteiger charge is 2.26. The van der Waals surface area contributed by atoms with Crippen molar-refractivity contribution in [2.24, 2.45) is 5.92 Å². The first-order valence-corrected chi connectivity index (χ1v) is 9.73. The van der Waals surface area contributed by atoms with Crippen molar-refractivity contribution in [3.05, 3.63) is 40.4 Å². The van der Waals surface area contributed by atoms with Gasteiger partial charge in [-0.25, -0.2) is 9.78 Å². The van der Waals surface area contributed by atoms with Crippen LogP contribution in [0.5, 0.6) is 0 Å². The van der Waals surface area contributed by atoms with Gasteiger partial charge < -0.3 is 10.4 Å². The molecule has 1 aliphatic carbocycles. The molecule has 2 amide bonds. The second kappa shape index (κ2) is 8.42. The summed E-state index contributed by atoms with van der Waals surface area (Å²) >= 11 is 1.30. The fraction of sp³-hybridized carbons (Fsp3) is 0.421. The van der Waals surface area contributed by atoms with Crippen LogP contribution in [0.25, 0.3) is 0 Å². The first-order valence-electron chi connectivity index (χ1n) is 8.85. The monoisotopic (exact) mass is 373 g/mol. The Balaban J connectivity index is 1.71. The summed E-state index contributed by atoms with van der Waals surface area (Å²) in [6, 6.07) is 5.07. The number of nitrogens with one attached hydrogen (secondary N) is 2. The minimum absolute atomic E-state index is 0.0192. The summed E-state index contributed by atoms with van der Waals surface area (Å²) < 4.78 is 0. The number of hydrogen-bond donors (Lipinski definition) is 3. The molecule has 3 rings (SSSR count). The summed E-state index contributed by atoms with van der Waals surface area (Å²) in [6.07, 6.45) is 4.48. The smallest absolute Gasteiger partial charge is 0.325 e. The van der Waals surface area contributed by atoms with Crippen molar-refractivity contribution in [3.63, 3.8) is 0 Å². The van der Waals surface area contributed by atoms with E-state index in [1.807, 2.05) is 19.1 Å². The number of benzene rings is 1. The van der Waals surface area contributed by atoms with Gasteiger partial charge in [0.2, 0.25) is 0 Å². The number of Topliss-reactive ketones (excluding diaryl/α,β-unsaturated/α-hetero) is 1. The lowest BCUT2D eigenvalue weighted by atomic mass is 9.94. The van der Waals surface area contributed by atoms with Crippen LogP contribution in [-0.2, 0) is 6.42 Å². The molecule has 1 aromatic heterocycles. The van der Waals surface area contributed by atoms with E-state index in [1.165, 1.54) is 11.3 Å². The van der Waals surface area contributed by atoms with E-state index in [1.54, 1.807) is 11.4 Å². The van der Waals surface area contributed by atoms with E-state index in [0.717, 1.165) is 36.9 Å². The Hall–Kier alpha value is -2.25. The van der Waals surface area contributed by atoms with Crippen molar-refractivity contribution in [2.45, 2.75) is 39.0 Å². The molecular formula is C19H23N3O3S. The van der Waals surface area contributed by atoms with Gasteiger partial charge in [0.1, 0.15) is 0 Å². The molecule has 0 aliphatic heterocycles. The third kappa shape index (κ3) is 4.47. The number of ketones is 1. The maximum Gasteiger partial charge on any atom is 0.325 e. The van der Waals surface area contributed by atoms with E-state index >= 15 is 0 Å². The molecule has 1 heterocycles. The van der Waals surface area contributed by atoms with Crippen LogP contribution in [0.2, 0.25) is 0 Å². The van der Waals surface area contributed by atoms with E-state index in [4.69, 9.17) is 5.11 Å². The van der Waals surface area contributed by atoms with Gasteiger partial charge in [-0.15, -0.1) is 11.3 Å². The number of carbonyl (C=O) groups is 2. The molecule has 1 aliphatic rings. The normalized spacial score (nSPS) is 14.4. The summed E-state index contributed by atoms with van der Waals surface area (Å²) in [5.74, 6) is 0.168. The van der Waals surface area contributed by atoms with Crippen LogP contribution < -0.4 is 10.6 Å². The average molecular weight is 373 g/mol. The van der Waals surface area contributed by atoms with Crippen molar-refractivity contribution in [1.82, 2.24) is 4.98 Å². The third-order valence-electron chi connectivity index (χ3n) is 4.55. The Bertz CT molecular complexity index is 797. The summed E-state index contributed by atoms with van der Waals surface area (Å²) in [7, 11) is 0. The van der Waals surface area contributed by atoms with Crippen LogP contribution in [0.4, 0.5) is 15.6 Å². The molecule has 0 spiro atoms. The molecule has 1 fully saturated rings. The van der Waals surface area contributed by atoms with Gasteiger partial charge in [0.25, 0.3) is 0 Å². The molecule has 2 aromatic rings. The van der Waals surface area contributed by atoms with Gasteiger partial charge in [-0.1, -0.05) is 24.5 Å². The zero-order valence-electron chi connectivity index (χ0n) is 14.7. The highest BCUT2D eigenvalue weighted by atomic mass is 32.1. The Kier molecular flexibility index (Phi) is 6.00. The average Bonchev–Trinajstić information content (AvgIpc) is 3.28. The third-order valence-corrected chi connectivity index (χ3v) is 5.36. The topological polar surface area (TPSA) is 91.3 Å². The number of thiazole rings is 1. The van der Waals surface area contributed by atoms with E-state index in [2.05, 4.69) is 15.6 Å². The first kappa shape index (κ1) is 18.5. The Morgan fingerprint density at radius 2 is 2.04 bits per heavy atom. The lowest BCUT2D eigenvalue weighted by Gasteiger charge is -2.14. The first-order chi connectivity index (χ1) is 12.6. The molecule has 26 heavy (non-hydrogen) atoms. The predicted molar refractivity (Wildman–Crippen MR) is 103 cm³/mol. The van der Waals surface area contributed by atoms with Crippen LogP contribution in [0.3, 0.4) is 0 Å². The molecule has 0 unspecified atom stereocenters. The number of anilines is 2. The number of rotatable bonds is 6. The highest BCUT2D eigenvalue weighted by molar-refractivity contribution is 7.13. The molecule has 1 saturated carbocycles. The molecule has 3 N–H and O–H groups in total. The molecule has 0 saturated heterocycles. The molecule has 6 nitrogen and oxygen atoms in total. The van der Waals surface area contributed by atoms with Gasteiger partial charge in [-0.05, 0) is 31.9 Å². The van der Waals surface area contributed by atoms with Crippen LogP contribution >= 0.6 is 11.3 Å². The largest absolute Gasteiger partial charge is 0.396 e. The molecule has 0 bridgehead atoms. The molecule has 0 radical (unpaired) electrons. The van der Waals surface area contributed by atoms with Gasteiger partial charge in [0.15, 0.2) is 10.9 Å². The summed E-state index contributed by atoms with van der Waals surface area (Å²) in [5, 5.41) is 16.7. The quantitative estimate of drug-likeness (QED) is 0.667. The Morgan fingerprint density at radius 1 is 1.27 bits per heavy atom. The second-order valence-electron chi connectivity index (χ2n) is 6.59. The lowest BCUT2D eigenvalue weighted by Crippen LogP contribution is -2.22. The Labute approximate surface area is 156 Å². The minimum Gasteiger partial charge on any atom is -0.396 e. The number of aliphatic hydroxyl groups is 1. The number of carbonyl (C=O) groups excluding carboxylic acids is 2. The lowest BCUT2D eigenvalue weighted by molar-refractivity contribution is 0.0923. The van der Waals surface area contributed by atoms with Gasteiger partial charge in [0, 0.05) is 29.9 Å². The maximum atomic E-state index is 12.8. The number of aliphatic hydroxyl groups excluding tert-OH is 1. The van der Waals surface area contributed by atoms with Crippen molar-refractivity contribution in [3.8, 4) is 0 Å². The standard InChI is InChI=1S/C19H23N3O3S/c1-12-6-7-16(15(10-12)17(24)13-4-2-3-5-13)21-18(25)22-19-20-14(8-9-23)11-26-19/h6-7,10-11,13,23H,2-5,8-9H2,1H3,(H2,20,21,22,25). The summed E-state index contributed by atoms with van der Waals surface area (Å²) in [5.41, 5.74) is 2.83. The van der Waals surface area contributed by atoms with E-state index < -0.39 is 6.03 Å². The van der Waals surface area contributed by atoms with E-state index in [0.29, 0.717) is 22.8 Å². The van der Waals surface area contributed by atoms with E-state index in [9.17, 15) is 9.59 Å². The number of aromatic nitrogens is 1. The minimum atomic E-state index is -0.431. The number of hydrogen-bond acceptors (Lipinski definition) is 5. The fourth-order valence-electron chi connectivity index (χ4n) is 3.22. The van der Waals surface area contributed by atoms with Gasteiger partial charge in [-0.2, -0.15) is 0 Å². The van der Waals surface area contributed by atoms with Crippen LogP contribution in [-0.4, -0.2) is 28.5 Å². The summed E-state index contributed by atoms with van der Waals surface area (Å²) in [6.45, 7) is 1.96. The number of nitrogens with zero attached hydrogens (tertiary/aromatic N) is 1. The molecular weight excluding hydrogens is 350 g/mol. The second-order valence-corrected chi connectivity index (χ2v) is 7.45. The van der Waals surface area contributed by atoms with Gasteiger partial charge in [0.05, 0.1) is 11.4 Å². The van der Waals surface area contributed by atoms with Crippen LogP contribution in [0, 0.1) is 12.8 Å². The zero-order valence-corrected chi connectivity index (χ0v) is 15.6. The summed E-state index contributed by atoms with van der Waals surface area (Å²) in [4.78, 5) is 29.4. The Morgan fingerprint density at radius 3 is 2.77 bits per heavy atom. The number of urea groups is 1. The zero-order chi connectivity index (χ0) is 18.5. The maximum absolute atomic E-state index is 12.8. The fourth-order valence-corrected chi connectivity index (χ4v) is 3.96. The van der Waals surface area contributed by atoms with Gasteiger partial charge >= 0.3 is 6.03 Å². The van der Waals surface area contributed by atoms with Crippen molar-refractivity contribution in [1.29, 1.82) is 0 Å².